The summed E-state index contributed by atoms with van der Waals surface area (Å²) >= 11 is 0. The predicted octanol–water partition coefficient (Wildman–Crippen LogP) is 3.56. The zero-order valence-corrected chi connectivity index (χ0v) is 17.1. The highest BCUT2D eigenvalue weighted by molar-refractivity contribution is 5.72. The Balaban J connectivity index is 1.52. The van der Waals surface area contributed by atoms with E-state index in [0.29, 0.717) is 25.6 Å². The predicted molar refractivity (Wildman–Crippen MR) is 111 cm³/mol. The highest BCUT2D eigenvalue weighted by atomic mass is 19.1. The molecule has 0 bridgehead atoms. The van der Waals surface area contributed by atoms with Crippen molar-refractivity contribution in [3.8, 4) is 16.9 Å². The van der Waals surface area contributed by atoms with Crippen LogP contribution in [0.4, 0.5) is 10.3 Å². The van der Waals surface area contributed by atoms with Crippen molar-refractivity contribution in [3.05, 3.63) is 54.2 Å². The van der Waals surface area contributed by atoms with Gasteiger partial charge < -0.3 is 9.64 Å². The van der Waals surface area contributed by atoms with Crippen LogP contribution in [0.3, 0.4) is 0 Å². The monoisotopic (exact) mass is 409 g/mol. The Morgan fingerprint density at radius 1 is 1.20 bits per heavy atom. The molecule has 0 atom stereocenters. The first kappa shape index (κ1) is 20.0. The summed E-state index contributed by atoms with van der Waals surface area (Å²) in [4.78, 5) is 23.2. The lowest BCUT2D eigenvalue weighted by molar-refractivity contribution is -0.148. The Bertz CT molecular complexity index is 1030. The van der Waals surface area contributed by atoms with E-state index in [9.17, 15) is 9.18 Å². The minimum absolute atomic E-state index is 0.0550. The maximum absolute atomic E-state index is 13.2. The molecule has 1 aromatic carbocycles. The minimum atomic E-state index is -0.282. The van der Waals surface area contributed by atoms with Crippen LogP contribution in [0.2, 0.25) is 0 Å². The molecule has 0 unspecified atom stereocenters. The fraction of sp³-hybridized carbons (Fsp3) is 0.364. The number of rotatable bonds is 5. The summed E-state index contributed by atoms with van der Waals surface area (Å²) in [6.45, 7) is 5.57. The first-order chi connectivity index (χ1) is 14.5. The molecule has 30 heavy (non-hydrogen) atoms. The van der Waals surface area contributed by atoms with Crippen molar-refractivity contribution in [2.24, 2.45) is 5.92 Å². The second-order valence-electron chi connectivity index (χ2n) is 7.30. The Hall–Kier alpha value is -3.29. The van der Waals surface area contributed by atoms with Gasteiger partial charge in [0.2, 0.25) is 5.95 Å². The minimum Gasteiger partial charge on any atom is -0.466 e. The fourth-order valence-corrected chi connectivity index (χ4v) is 3.66. The lowest BCUT2D eigenvalue weighted by atomic mass is 9.97. The van der Waals surface area contributed by atoms with Crippen molar-refractivity contribution >= 4 is 11.9 Å². The van der Waals surface area contributed by atoms with E-state index in [-0.39, 0.29) is 17.7 Å². The summed E-state index contributed by atoms with van der Waals surface area (Å²) in [6, 6.07) is 8.05. The highest BCUT2D eigenvalue weighted by Gasteiger charge is 2.27. The van der Waals surface area contributed by atoms with Gasteiger partial charge in [-0.25, -0.2) is 19.0 Å². The molecule has 1 fully saturated rings. The average Bonchev–Trinajstić information content (AvgIpc) is 3.16. The van der Waals surface area contributed by atoms with Gasteiger partial charge in [-0.05, 0) is 57.0 Å². The van der Waals surface area contributed by atoms with Crippen LogP contribution in [0.25, 0.3) is 16.9 Å². The molecule has 4 rings (SSSR count). The molecule has 0 N–H and O–H groups in total. The van der Waals surface area contributed by atoms with Gasteiger partial charge in [0, 0.05) is 31.0 Å². The molecule has 2 aromatic heterocycles. The molecule has 0 saturated carbocycles. The molecule has 3 heterocycles. The summed E-state index contributed by atoms with van der Waals surface area (Å²) in [7, 11) is 0. The van der Waals surface area contributed by atoms with Gasteiger partial charge >= 0.3 is 5.97 Å². The van der Waals surface area contributed by atoms with Crippen molar-refractivity contribution < 1.29 is 13.9 Å². The van der Waals surface area contributed by atoms with E-state index in [4.69, 9.17) is 9.72 Å². The third-order valence-corrected chi connectivity index (χ3v) is 5.31. The molecule has 1 aliphatic rings. The fourth-order valence-electron chi connectivity index (χ4n) is 3.66. The second-order valence-corrected chi connectivity index (χ2v) is 7.30. The van der Waals surface area contributed by atoms with Gasteiger partial charge in [-0.1, -0.05) is 0 Å². The Morgan fingerprint density at radius 2 is 1.93 bits per heavy atom. The summed E-state index contributed by atoms with van der Waals surface area (Å²) < 4.78 is 20.1. The molecule has 0 spiro atoms. The van der Waals surface area contributed by atoms with Crippen LogP contribution in [-0.4, -0.2) is 45.4 Å². The molecule has 0 aliphatic carbocycles. The number of hydrogen-bond acceptors (Lipinski definition) is 6. The SMILES string of the molecule is CCOC(=O)C1CCN(c2nccc(-c3cn(-c4ccc(F)cc4)nc3C)n2)CC1. The highest BCUT2D eigenvalue weighted by Crippen LogP contribution is 2.26. The number of carbonyl (C=O) groups excluding carboxylic acids is 1. The van der Waals surface area contributed by atoms with E-state index < -0.39 is 0 Å². The van der Waals surface area contributed by atoms with Crippen molar-refractivity contribution in [1.29, 1.82) is 0 Å². The number of hydrogen-bond donors (Lipinski definition) is 0. The van der Waals surface area contributed by atoms with Crippen LogP contribution in [0.1, 0.15) is 25.5 Å². The molecule has 3 aromatic rings. The quantitative estimate of drug-likeness (QED) is 0.600. The molecule has 8 heteroatoms. The lowest BCUT2D eigenvalue weighted by Crippen LogP contribution is -2.37. The first-order valence-electron chi connectivity index (χ1n) is 10.1. The van der Waals surface area contributed by atoms with E-state index in [1.807, 2.05) is 26.1 Å². The maximum atomic E-state index is 13.2. The van der Waals surface area contributed by atoms with Gasteiger partial charge in [-0.3, -0.25) is 4.79 Å². The summed E-state index contributed by atoms with van der Waals surface area (Å²) in [5.41, 5.74) is 3.27. The zero-order chi connectivity index (χ0) is 21.1. The van der Waals surface area contributed by atoms with Gasteiger partial charge in [0.25, 0.3) is 0 Å². The molecule has 156 valence electrons. The normalized spacial score (nSPS) is 14.7. The topological polar surface area (TPSA) is 73.1 Å². The van der Waals surface area contributed by atoms with Crippen LogP contribution in [0.5, 0.6) is 0 Å². The van der Waals surface area contributed by atoms with Crippen molar-refractivity contribution in [1.82, 2.24) is 19.7 Å². The number of piperidine rings is 1. The number of carbonyl (C=O) groups is 1. The molecule has 1 saturated heterocycles. The summed E-state index contributed by atoms with van der Waals surface area (Å²) in [5, 5.41) is 4.54. The number of aromatic nitrogens is 4. The Kier molecular flexibility index (Phi) is 5.74. The average molecular weight is 409 g/mol. The van der Waals surface area contributed by atoms with Crippen molar-refractivity contribution in [2.45, 2.75) is 26.7 Å². The van der Waals surface area contributed by atoms with Crippen LogP contribution in [0, 0.1) is 18.7 Å². The number of benzene rings is 1. The third kappa shape index (κ3) is 4.17. The Labute approximate surface area is 174 Å². The van der Waals surface area contributed by atoms with E-state index in [2.05, 4.69) is 15.0 Å². The van der Waals surface area contributed by atoms with E-state index in [0.717, 1.165) is 35.5 Å². The Morgan fingerprint density at radius 3 is 2.63 bits per heavy atom. The van der Waals surface area contributed by atoms with Crippen LogP contribution in [-0.2, 0) is 9.53 Å². The number of anilines is 1. The number of esters is 1. The number of nitrogens with zero attached hydrogens (tertiary/aromatic N) is 5. The van der Waals surface area contributed by atoms with Crippen LogP contribution >= 0.6 is 0 Å². The van der Waals surface area contributed by atoms with Gasteiger partial charge in [-0.15, -0.1) is 0 Å². The number of ether oxygens (including phenoxy) is 1. The van der Waals surface area contributed by atoms with Gasteiger partial charge in [-0.2, -0.15) is 5.10 Å². The van der Waals surface area contributed by atoms with Gasteiger partial charge in [0.05, 0.1) is 29.6 Å². The lowest BCUT2D eigenvalue weighted by Gasteiger charge is -2.30. The molecular weight excluding hydrogens is 385 g/mol. The third-order valence-electron chi connectivity index (χ3n) is 5.31. The largest absolute Gasteiger partial charge is 0.466 e. The number of halogens is 1. The standard InChI is InChI=1S/C22H24FN5O2/c1-3-30-21(29)16-9-12-27(13-10-16)22-24-11-8-20(25-22)19-14-28(26-15(19)2)18-6-4-17(23)5-7-18/h4-8,11,14,16H,3,9-10,12-13H2,1-2H3. The molecule has 0 amide bonds. The van der Waals surface area contributed by atoms with Crippen LogP contribution < -0.4 is 4.90 Å². The van der Waals surface area contributed by atoms with Crippen molar-refractivity contribution in [3.63, 3.8) is 0 Å². The molecule has 7 nitrogen and oxygen atoms in total. The smallest absolute Gasteiger partial charge is 0.309 e. The van der Waals surface area contributed by atoms with E-state index >= 15 is 0 Å². The van der Waals surface area contributed by atoms with Gasteiger partial charge in [0.15, 0.2) is 0 Å². The van der Waals surface area contributed by atoms with Gasteiger partial charge in [0.1, 0.15) is 5.82 Å². The zero-order valence-electron chi connectivity index (χ0n) is 17.1. The van der Waals surface area contributed by atoms with E-state index in [1.165, 1.54) is 12.1 Å². The molecule has 0 radical (unpaired) electrons. The first-order valence-corrected chi connectivity index (χ1v) is 10.1. The van der Waals surface area contributed by atoms with Crippen LogP contribution in [0.15, 0.2) is 42.7 Å². The molecule has 1 aliphatic heterocycles. The molecular formula is C22H24FN5O2. The summed E-state index contributed by atoms with van der Waals surface area (Å²) in [5.74, 6) is 0.190. The maximum Gasteiger partial charge on any atom is 0.309 e. The summed E-state index contributed by atoms with van der Waals surface area (Å²) in [6.07, 6.45) is 5.09. The van der Waals surface area contributed by atoms with E-state index in [1.54, 1.807) is 23.0 Å². The second kappa shape index (κ2) is 8.61. The van der Waals surface area contributed by atoms with Crippen molar-refractivity contribution in [2.75, 3.05) is 24.6 Å². The number of aryl methyl sites for hydroxylation is 1.